The lowest BCUT2D eigenvalue weighted by Crippen LogP contribution is -2.30. The number of rotatable bonds is 9. The van der Waals surface area contributed by atoms with Crippen LogP contribution in [0.2, 0.25) is 0 Å². The van der Waals surface area contributed by atoms with Crippen molar-refractivity contribution in [2.75, 3.05) is 19.5 Å². The minimum absolute atomic E-state index is 0.0191. The molecule has 0 aliphatic carbocycles. The minimum Gasteiger partial charge on any atom is -0.383 e. The van der Waals surface area contributed by atoms with Crippen LogP contribution in [0.4, 0.5) is 0 Å². The molecular formula is C24H25N3O2S2. The Bertz CT molecular complexity index is 1140. The van der Waals surface area contributed by atoms with Crippen LogP contribution in [0.15, 0.2) is 71.2 Å². The summed E-state index contributed by atoms with van der Waals surface area (Å²) in [6.45, 7) is 3.35. The molecule has 0 spiro atoms. The van der Waals surface area contributed by atoms with Crippen molar-refractivity contribution in [1.29, 1.82) is 0 Å². The first-order valence-corrected chi connectivity index (χ1v) is 12.0. The zero-order valence-electron chi connectivity index (χ0n) is 17.6. The number of aryl methyl sites for hydroxylation is 1. The van der Waals surface area contributed by atoms with Gasteiger partial charge in [0.2, 0.25) is 5.91 Å². The molecule has 0 radical (unpaired) electrons. The third-order valence-electron chi connectivity index (χ3n) is 5.01. The molecule has 0 aliphatic heterocycles. The minimum atomic E-state index is -0.152. The molecule has 1 amide bonds. The van der Waals surface area contributed by atoms with Gasteiger partial charge in [0, 0.05) is 18.5 Å². The molecule has 2 aromatic carbocycles. The highest BCUT2D eigenvalue weighted by molar-refractivity contribution is 7.99. The zero-order chi connectivity index (χ0) is 21.6. The maximum atomic E-state index is 12.9. The summed E-state index contributed by atoms with van der Waals surface area (Å²) < 4.78 is 7.38. The van der Waals surface area contributed by atoms with Crippen LogP contribution in [0.1, 0.15) is 22.0 Å². The summed E-state index contributed by atoms with van der Waals surface area (Å²) in [6.07, 6.45) is 0. The smallest absolute Gasteiger partial charge is 0.231 e. The molecule has 0 saturated carbocycles. The Hall–Kier alpha value is -2.61. The first-order valence-electron chi connectivity index (χ1n) is 10.1. The maximum absolute atomic E-state index is 12.9. The van der Waals surface area contributed by atoms with Crippen molar-refractivity contribution >= 4 is 40.0 Å². The van der Waals surface area contributed by atoms with Gasteiger partial charge in [0.15, 0.2) is 5.16 Å². The Balaban J connectivity index is 1.49. The molecule has 4 aromatic rings. The average Bonchev–Trinajstić information content (AvgIpc) is 3.43. The summed E-state index contributed by atoms with van der Waals surface area (Å²) in [4.78, 5) is 18.8. The first kappa shape index (κ1) is 21.6. The number of aromatic nitrogens is 2. The molecule has 160 valence electrons. The van der Waals surface area contributed by atoms with Crippen LogP contribution < -0.4 is 5.32 Å². The number of hydrogen-bond acceptors (Lipinski definition) is 5. The number of imidazole rings is 1. The monoisotopic (exact) mass is 451 g/mol. The summed E-state index contributed by atoms with van der Waals surface area (Å²) >= 11 is 3.11. The fourth-order valence-corrected chi connectivity index (χ4v) is 5.08. The molecule has 0 saturated heterocycles. The predicted molar refractivity (Wildman–Crippen MR) is 128 cm³/mol. The highest BCUT2D eigenvalue weighted by Gasteiger charge is 2.19. The largest absolute Gasteiger partial charge is 0.383 e. The Kier molecular flexibility index (Phi) is 7.06. The molecule has 0 aliphatic rings. The molecule has 1 unspecified atom stereocenters. The van der Waals surface area contributed by atoms with Crippen molar-refractivity contribution in [1.82, 2.24) is 14.9 Å². The SMILES string of the molecule is COCCn1c(SCC(=O)NC(c2ccc(C)cc2)c2cccs2)nc2ccccc21. The van der Waals surface area contributed by atoms with E-state index in [2.05, 4.69) is 47.1 Å². The number of amides is 1. The predicted octanol–water partition coefficient (Wildman–Crippen LogP) is 5.05. The van der Waals surface area contributed by atoms with Gasteiger partial charge in [-0.3, -0.25) is 4.79 Å². The van der Waals surface area contributed by atoms with Crippen LogP contribution in [-0.4, -0.2) is 34.9 Å². The van der Waals surface area contributed by atoms with Crippen LogP contribution >= 0.6 is 23.1 Å². The molecule has 0 bridgehead atoms. The zero-order valence-corrected chi connectivity index (χ0v) is 19.2. The number of thiophene rings is 1. The van der Waals surface area contributed by atoms with Crippen molar-refractivity contribution < 1.29 is 9.53 Å². The number of fused-ring (bicyclic) bond motifs is 1. The molecule has 7 heteroatoms. The second-order valence-corrected chi connectivity index (χ2v) is 9.16. The number of nitrogens with zero attached hydrogens (tertiary/aromatic N) is 2. The maximum Gasteiger partial charge on any atom is 0.231 e. The Morgan fingerprint density at radius 1 is 1.16 bits per heavy atom. The van der Waals surface area contributed by atoms with Crippen molar-refractivity contribution in [3.05, 3.63) is 82.0 Å². The van der Waals surface area contributed by atoms with E-state index in [-0.39, 0.29) is 11.9 Å². The third-order valence-corrected chi connectivity index (χ3v) is 6.93. The van der Waals surface area contributed by atoms with Crippen molar-refractivity contribution in [3.63, 3.8) is 0 Å². The Morgan fingerprint density at radius 3 is 2.71 bits per heavy atom. The van der Waals surface area contributed by atoms with Gasteiger partial charge >= 0.3 is 0 Å². The third kappa shape index (κ3) is 5.18. The highest BCUT2D eigenvalue weighted by Crippen LogP contribution is 2.28. The second kappa shape index (κ2) is 10.1. The van der Waals surface area contributed by atoms with Crippen molar-refractivity contribution in [2.45, 2.75) is 24.7 Å². The molecule has 2 heterocycles. The van der Waals surface area contributed by atoms with E-state index >= 15 is 0 Å². The summed E-state index contributed by atoms with van der Waals surface area (Å²) in [5, 5.41) is 6.08. The van der Waals surface area contributed by atoms with Crippen LogP contribution in [0.25, 0.3) is 11.0 Å². The first-order chi connectivity index (χ1) is 15.2. The number of thioether (sulfide) groups is 1. The van der Waals surface area contributed by atoms with E-state index in [1.165, 1.54) is 17.3 Å². The molecular weight excluding hydrogens is 426 g/mol. The van der Waals surface area contributed by atoms with Gasteiger partial charge in [0.1, 0.15) is 0 Å². The lowest BCUT2D eigenvalue weighted by Gasteiger charge is -2.18. The van der Waals surface area contributed by atoms with E-state index in [9.17, 15) is 4.79 Å². The van der Waals surface area contributed by atoms with Crippen LogP contribution in [-0.2, 0) is 16.1 Å². The number of carbonyl (C=O) groups excluding carboxylic acids is 1. The van der Waals surface area contributed by atoms with Gasteiger partial charge < -0.3 is 14.6 Å². The number of ether oxygens (including phenoxy) is 1. The molecule has 1 N–H and O–H groups in total. The highest BCUT2D eigenvalue weighted by atomic mass is 32.2. The number of carbonyl (C=O) groups is 1. The fraction of sp³-hybridized carbons (Fsp3) is 0.250. The molecule has 4 rings (SSSR count). The summed E-state index contributed by atoms with van der Waals surface area (Å²) in [5.41, 5.74) is 4.26. The van der Waals surface area contributed by atoms with Gasteiger partial charge in [0.05, 0.1) is 29.4 Å². The number of para-hydroxylation sites is 2. The number of nitrogens with one attached hydrogen (secondary N) is 1. The normalized spacial score (nSPS) is 12.2. The van der Waals surface area contributed by atoms with Gasteiger partial charge in [-0.1, -0.05) is 59.8 Å². The molecule has 0 fully saturated rings. The summed E-state index contributed by atoms with van der Waals surface area (Å²) in [5.74, 6) is 0.277. The van der Waals surface area contributed by atoms with Crippen molar-refractivity contribution in [3.8, 4) is 0 Å². The van der Waals surface area contributed by atoms with Crippen LogP contribution in [0, 0.1) is 6.92 Å². The van der Waals surface area contributed by atoms with E-state index < -0.39 is 0 Å². The average molecular weight is 452 g/mol. The van der Waals surface area contributed by atoms with Crippen LogP contribution in [0.3, 0.4) is 0 Å². The lowest BCUT2D eigenvalue weighted by molar-refractivity contribution is -0.119. The van der Waals surface area contributed by atoms with E-state index in [4.69, 9.17) is 9.72 Å². The molecule has 5 nitrogen and oxygen atoms in total. The van der Waals surface area contributed by atoms with E-state index in [0.29, 0.717) is 18.9 Å². The second-order valence-electron chi connectivity index (χ2n) is 7.24. The van der Waals surface area contributed by atoms with E-state index in [1.54, 1.807) is 18.4 Å². The lowest BCUT2D eigenvalue weighted by atomic mass is 10.0. The van der Waals surface area contributed by atoms with Gasteiger partial charge in [-0.25, -0.2) is 4.98 Å². The van der Waals surface area contributed by atoms with Crippen molar-refractivity contribution in [2.24, 2.45) is 0 Å². The van der Waals surface area contributed by atoms with Gasteiger partial charge in [-0.2, -0.15) is 0 Å². The van der Waals surface area contributed by atoms with Crippen LogP contribution in [0.5, 0.6) is 0 Å². The molecule has 1 atom stereocenters. The topological polar surface area (TPSA) is 56.1 Å². The number of methoxy groups -OCH3 is 1. The number of hydrogen-bond donors (Lipinski definition) is 1. The van der Waals surface area contributed by atoms with Gasteiger partial charge in [0.25, 0.3) is 0 Å². The summed E-state index contributed by atoms with van der Waals surface area (Å²) in [6, 6.07) is 20.3. The Morgan fingerprint density at radius 2 is 1.97 bits per heavy atom. The van der Waals surface area contributed by atoms with E-state index in [1.807, 2.05) is 35.7 Å². The standard InChI is InChI=1S/C24H25N3O2S2/c1-17-9-11-18(12-10-17)23(21-8-5-15-30-21)26-22(28)16-31-24-25-19-6-3-4-7-20(19)27(24)13-14-29-2/h3-12,15,23H,13-14,16H2,1-2H3,(H,26,28). The van der Waals surface area contributed by atoms with E-state index in [0.717, 1.165) is 26.6 Å². The quantitative estimate of drug-likeness (QED) is 0.362. The summed E-state index contributed by atoms with van der Waals surface area (Å²) in [7, 11) is 1.69. The number of benzene rings is 2. The molecule has 31 heavy (non-hydrogen) atoms. The van der Waals surface area contributed by atoms with Gasteiger partial charge in [-0.15, -0.1) is 11.3 Å². The fourth-order valence-electron chi connectivity index (χ4n) is 3.43. The molecule has 2 aromatic heterocycles. The Labute approximate surface area is 190 Å². The van der Waals surface area contributed by atoms with Gasteiger partial charge in [-0.05, 0) is 36.1 Å².